The van der Waals surface area contributed by atoms with Crippen LogP contribution in [0.2, 0.25) is 0 Å². The lowest BCUT2D eigenvalue weighted by molar-refractivity contribution is -0.870. The second kappa shape index (κ2) is 74.7. The molecule has 0 bridgehead atoms. The Morgan fingerprint density at radius 2 is 0.568 bits per heavy atom. The topological polar surface area (TPSA) is 108 Å². The Morgan fingerprint density at radius 1 is 0.316 bits per heavy atom. The summed E-state index contributed by atoms with van der Waals surface area (Å²) in [5.41, 5.74) is 0. The molecule has 95 heavy (non-hydrogen) atoms. The Kier molecular flexibility index (Phi) is 70.7. The van der Waals surface area contributed by atoms with Crippen LogP contribution in [0.5, 0.6) is 0 Å². The molecule has 9 heteroatoms. The average Bonchev–Trinajstić information content (AvgIpc) is 3.75. The van der Waals surface area contributed by atoms with Gasteiger partial charge in [0, 0.05) is 12.8 Å². The van der Waals surface area contributed by atoms with Crippen LogP contribution in [0, 0.1) is 0 Å². The maximum atomic E-state index is 13.0. The van der Waals surface area contributed by atoms with Gasteiger partial charge in [0.2, 0.25) is 0 Å². The van der Waals surface area contributed by atoms with Crippen molar-refractivity contribution in [1.29, 1.82) is 0 Å². The van der Waals surface area contributed by atoms with E-state index in [4.69, 9.17) is 18.9 Å². The number of hydrogen-bond acceptors (Lipinski definition) is 7. The first kappa shape index (κ1) is 89.9. The van der Waals surface area contributed by atoms with Gasteiger partial charge in [-0.3, -0.25) is 9.59 Å². The van der Waals surface area contributed by atoms with Crippen molar-refractivity contribution in [3.05, 3.63) is 158 Å². The predicted molar refractivity (Wildman–Crippen MR) is 410 cm³/mol. The first-order valence-corrected chi connectivity index (χ1v) is 38.6. The molecule has 0 aromatic heterocycles. The van der Waals surface area contributed by atoms with Crippen molar-refractivity contribution in [3.8, 4) is 0 Å². The van der Waals surface area contributed by atoms with Gasteiger partial charge in [-0.2, -0.15) is 0 Å². The highest BCUT2D eigenvalue weighted by molar-refractivity contribution is 5.71. The lowest BCUT2D eigenvalue weighted by Gasteiger charge is -2.25. The zero-order valence-electron chi connectivity index (χ0n) is 61.8. The highest BCUT2D eigenvalue weighted by atomic mass is 16.7. The van der Waals surface area contributed by atoms with E-state index < -0.39 is 24.3 Å². The summed E-state index contributed by atoms with van der Waals surface area (Å²) in [6, 6.07) is 0. The van der Waals surface area contributed by atoms with Gasteiger partial charge in [0.25, 0.3) is 6.29 Å². The van der Waals surface area contributed by atoms with E-state index in [0.717, 1.165) is 135 Å². The maximum Gasteiger partial charge on any atom is 0.361 e. The van der Waals surface area contributed by atoms with Crippen molar-refractivity contribution in [2.24, 2.45) is 0 Å². The standard InChI is InChI=1S/C86H143NO8/c1-6-8-10-12-14-16-18-20-22-24-26-28-30-32-34-36-38-40-41-42-43-45-46-48-50-52-54-56-58-60-62-64-66-68-70-72-74-76-83(88)93-80-82(81-94-86(85(90)91)92-79-78-87(3,4)5)95-84(89)77-75-73-71-69-67-65-63-61-59-57-55-53-51-49-47-44-39-37-35-33-31-29-27-25-23-21-19-17-15-13-11-9-7-2/h8-11,14-17,20-23,26-29,33,35,39,44,49,51,55,57,61,63,82,86H,6-7,12-13,18-19,24-25,30-32,34,36-38,40-43,45-48,50,52-54,56,58-60,62,64-81H2,1-5H3/p+1/b10-8-,11-9-,16-14-,17-15-,22-20-,23-21-,28-26-,29-27-,35-33-,44-39-,51-49-,57-55-,63-61-. The number of carboxylic acids is 1. The zero-order valence-corrected chi connectivity index (χ0v) is 61.8. The number of esters is 2. The van der Waals surface area contributed by atoms with Crippen molar-refractivity contribution in [1.82, 2.24) is 0 Å². The van der Waals surface area contributed by atoms with Gasteiger partial charge in [0.15, 0.2) is 6.10 Å². The molecule has 540 valence electrons. The Morgan fingerprint density at radius 3 is 0.842 bits per heavy atom. The van der Waals surface area contributed by atoms with Crippen LogP contribution in [0.25, 0.3) is 0 Å². The van der Waals surface area contributed by atoms with Crippen LogP contribution in [-0.4, -0.2) is 87.4 Å². The van der Waals surface area contributed by atoms with Crippen LogP contribution < -0.4 is 0 Å². The number of carbonyl (C=O) groups excluding carboxylic acids is 2. The number of carbonyl (C=O) groups is 3. The zero-order chi connectivity index (χ0) is 69.0. The lowest BCUT2D eigenvalue weighted by Crippen LogP contribution is -2.40. The van der Waals surface area contributed by atoms with Gasteiger partial charge in [0.05, 0.1) is 34.4 Å². The van der Waals surface area contributed by atoms with E-state index in [1.807, 2.05) is 21.1 Å². The Bertz CT molecular complexity index is 2130. The van der Waals surface area contributed by atoms with Gasteiger partial charge >= 0.3 is 17.9 Å². The molecule has 0 amide bonds. The van der Waals surface area contributed by atoms with Crippen LogP contribution in [0.15, 0.2) is 158 Å². The maximum absolute atomic E-state index is 13.0. The number of ether oxygens (including phenoxy) is 4. The number of unbranched alkanes of at least 4 members (excludes halogenated alkanes) is 29. The van der Waals surface area contributed by atoms with Gasteiger partial charge in [-0.25, -0.2) is 4.79 Å². The largest absolute Gasteiger partial charge is 0.477 e. The number of hydrogen-bond donors (Lipinski definition) is 1. The fourth-order valence-electron chi connectivity index (χ4n) is 10.5. The van der Waals surface area contributed by atoms with Gasteiger partial charge in [-0.1, -0.05) is 332 Å². The third kappa shape index (κ3) is 76.1. The van der Waals surface area contributed by atoms with Crippen molar-refractivity contribution in [2.45, 2.75) is 322 Å². The third-order valence-corrected chi connectivity index (χ3v) is 16.3. The predicted octanol–water partition coefficient (Wildman–Crippen LogP) is 24.8. The van der Waals surface area contributed by atoms with Crippen molar-refractivity contribution < 1.29 is 42.9 Å². The summed E-state index contributed by atoms with van der Waals surface area (Å²) < 4.78 is 23.0. The van der Waals surface area contributed by atoms with Gasteiger partial charge in [-0.15, -0.1) is 0 Å². The fourth-order valence-corrected chi connectivity index (χ4v) is 10.5. The van der Waals surface area contributed by atoms with E-state index in [9.17, 15) is 19.5 Å². The van der Waals surface area contributed by atoms with E-state index in [1.165, 1.54) is 141 Å². The highest BCUT2D eigenvalue weighted by Crippen LogP contribution is 2.18. The minimum Gasteiger partial charge on any atom is -0.477 e. The van der Waals surface area contributed by atoms with Crippen molar-refractivity contribution in [3.63, 3.8) is 0 Å². The second-order valence-electron chi connectivity index (χ2n) is 26.6. The number of aliphatic carboxylic acids is 1. The second-order valence-corrected chi connectivity index (χ2v) is 26.6. The van der Waals surface area contributed by atoms with E-state index in [2.05, 4.69) is 172 Å². The summed E-state index contributed by atoms with van der Waals surface area (Å²) in [5.74, 6) is -2.03. The molecule has 0 aliphatic heterocycles. The SMILES string of the molecule is CC/C=C\C/C=C\C/C=C\C/C=C\C/C=C\C/C=C\C/C=C\C/C=C\C/C=C\CCCCCCCC(=O)OC(COC(=O)CCCCCCCCCCCCCCCCCCCCCCCCCC/C=C\C/C=C\C/C=C\C/C=C\CC)COC(OCC[N+](C)(C)C)C(=O)O. The monoisotopic (exact) mass is 1320 g/mol. The molecule has 0 rings (SSSR count). The van der Waals surface area contributed by atoms with Crippen molar-refractivity contribution >= 4 is 17.9 Å². The summed E-state index contributed by atoms with van der Waals surface area (Å²) >= 11 is 0. The molecule has 0 aliphatic carbocycles. The molecular formula is C86H144NO8+. The summed E-state index contributed by atoms with van der Waals surface area (Å²) in [6.07, 6.45) is 108. The molecule has 0 aromatic rings. The quantitative estimate of drug-likeness (QED) is 0.0211. The molecule has 0 saturated carbocycles. The molecule has 0 heterocycles. The number of carboxylic acid groups (broad SMARTS) is 1. The molecule has 2 unspecified atom stereocenters. The number of allylic oxidation sites excluding steroid dienone is 26. The molecule has 0 aliphatic rings. The lowest BCUT2D eigenvalue weighted by atomic mass is 10.0. The molecule has 0 saturated heterocycles. The van der Waals surface area contributed by atoms with Gasteiger partial charge < -0.3 is 28.5 Å². The molecule has 1 N–H and O–H groups in total. The van der Waals surface area contributed by atoms with E-state index in [0.29, 0.717) is 23.9 Å². The van der Waals surface area contributed by atoms with Gasteiger partial charge in [0.1, 0.15) is 13.2 Å². The summed E-state index contributed by atoms with van der Waals surface area (Å²) in [4.78, 5) is 37.7. The highest BCUT2D eigenvalue weighted by Gasteiger charge is 2.25. The van der Waals surface area contributed by atoms with Crippen molar-refractivity contribution in [2.75, 3.05) is 47.5 Å². The first-order valence-electron chi connectivity index (χ1n) is 38.6. The molecule has 0 spiro atoms. The first-order chi connectivity index (χ1) is 46.6. The summed E-state index contributed by atoms with van der Waals surface area (Å²) in [6.45, 7) is 4.64. The fraction of sp³-hybridized carbons (Fsp3) is 0.663. The molecule has 0 radical (unpaired) electrons. The minimum absolute atomic E-state index is 0.177. The number of quaternary nitrogens is 1. The average molecular weight is 1320 g/mol. The molecule has 0 fully saturated rings. The summed E-state index contributed by atoms with van der Waals surface area (Å²) in [5, 5.41) is 9.77. The normalized spacial score (nSPS) is 13.6. The Balaban J connectivity index is 4.10. The van der Waals surface area contributed by atoms with Crippen LogP contribution in [-0.2, 0) is 33.3 Å². The Hall–Kier alpha value is -5.09. The van der Waals surface area contributed by atoms with Crippen LogP contribution in [0.1, 0.15) is 309 Å². The molecule has 0 aromatic carbocycles. The van der Waals surface area contributed by atoms with Crippen LogP contribution >= 0.6 is 0 Å². The summed E-state index contributed by atoms with van der Waals surface area (Å²) in [7, 11) is 5.97. The molecular weight excluding hydrogens is 1170 g/mol. The minimum atomic E-state index is -1.53. The van der Waals surface area contributed by atoms with Gasteiger partial charge in [-0.05, 0) is 122 Å². The van der Waals surface area contributed by atoms with Crippen LogP contribution in [0.3, 0.4) is 0 Å². The Labute approximate surface area is 584 Å². The smallest absolute Gasteiger partial charge is 0.361 e. The van der Waals surface area contributed by atoms with E-state index in [-0.39, 0.29) is 32.2 Å². The van der Waals surface area contributed by atoms with Crippen LogP contribution in [0.4, 0.5) is 0 Å². The molecule has 2 atom stereocenters. The van der Waals surface area contributed by atoms with E-state index in [1.54, 1.807) is 0 Å². The number of nitrogens with zero attached hydrogens (tertiary/aromatic N) is 1. The third-order valence-electron chi connectivity index (χ3n) is 16.3. The molecule has 9 nitrogen and oxygen atoms in total. The van der Waals surface area contributed by atoms with E-state index >= 15 is 0 Å². The number of likely N-dealkylation sites (N-methyl/N-ethyl adjacent to an activating group) is 1. The number of rotatable bonds is 70.